The van der Waals surface area contributed by atoms with Gasteiger partial charge in [-0.05, 0) is 36.5 Å². The van der Waals surface area contributed by atoms with Crippen molar-refractivity contribution < 1.29 is 5.21 Å². The first-order valence-electron chi connectivity index (χ1n) is 5.70. The van der Waals surface area contributed by atoms with Crippen molar-refractivity contribution in [2.75, 3.05) is 11.9 Å². The molecule has 1 aliphatic carbocycles. The van der Waals surface area contributed by atoms with E-state index in [1.165, 1.54) is 0 Å². The van der Waals surface area contributed by atoms with Gasteiger partial charge in [0.25, 0.3) is 0 Å². The van der Waals surface area contributed by atoms with Crippen molar-refractivity contribution in [1.29, 1.82) is 0 Å². The van der Waals surface area contributed by atoms with Crippen molar-refractivity contribution in [3.8, 4) is 0 Å². The molecule has 0 saturated heterocycles. The number of hydrogen-bond acceptors (Lipinski definition) is 3. The van der Waals surface area contributed by atoms with E-state index in [0.717, 1.165) is 29.5 Å². The zero-order valence-electron chi connectivity index (χ0n) is 9.79. The molecule has 0 bridgehead atoms. The van der Waals surface area contributed by atoms with Gasteiger partial charge in [-0.25, -0.2) is 0 Å². The van der Waals surface area contributed by atoms with Crippen LogP contribution in [0.4, 0.5) is 5.69 Å². The van der Waals surface area contributed by atoms with Crippen LogP contribution >= 0.6 is 27.5 Å². The first-order valence-corrected chi connectivity index (χ1v) is 6.87. The standard InChI is InChI=1S/C12H15BrClN3O/c13-8-1-2-10(9(14)5-8)16-7-12(3-4-12)6-11(15)17-18/h1-2,5,16,18H,3-4,6-7H2,(H2,15,17). The second kappa shape index (κ2) is 5.36. The van der Waals surface area contributed by atoms with Gasteiger partial charge in [-0.3, -0.25) is 0 Å². The number of oxime groups is 1. The maximum atomic E-state index is 8.60. The molecule has 0 atom stereocenters. The third-order valence-corrected chi connectivity index (χ3v) is 4.03. The SMILES string of the molecule is NC(CC1(CNc2ccc(Br)cc2Cl)CC1)=NO. The monoisotopic (exact) mass is 331 g/mol. The molecule has 6 heteroatoms. The zero-order valence-corrected chi connectivity index (χ0v) is 12.1. The summed E-state index contributed by atoms with van der Waals surface area (Å²) in [4.78, 5) is 0. The van der Waals surface area contributed by atoms with Gasteiger partial charge in [0.2, 0.25) is 0 Å². The van der Waals surface area contributed by atoms with E-state index in [-0.39, 0.29) is 11.3 Å². The average Bonchev–Trinajstić information content (AvgIpc) is 3.08. The summed E-state index contributed by atoms with van der Waals surface area (Å²) >= 11 is 9.50. The fourth-order valence-corrected chi connectivity index (χ4v) is 2.67. The molecule has 0 amide bonds. The molecule has 2 rings (SSSR count). The molecule has 0 aliphatic heterocycles. The maximum Gasteiger partial charge on any atom is 0.139 e. The molecule has 1 aromatic carbocycles. The predicted molar refractivity (Wildman–Crippen MR) is 77.3 cm³/mol. The second-order valence-corrected chi connectivity index (χ2v) is 6.07. The molecular weight excluding hydrogens is 318 g/mol. The fraction of sp³-hybridized carbons (Fsp3) is 0.417. The van der Waals surface area contributed by atoms with Crippen molar-refractivity contribution in [3.63, 3.8) is 0 Å². The van der Waals surface area contributed by atoms with E-state index in [1.54, 1.807) is 0 Å². The molecule has 0 unspecified atom stereocenters. The van der Waals surface area contributed by atoms with Crippen molar-refractivity contribution >= 4 is 39.1 Å². The van der Waals surface area contributed by atoms with Gasteiger partial charge in [0.05, 0.1) is 10.7 Å². The van der Waals surface area contributed by atoms with E-state index in [0.29, 0.717) is 11.4 Å². The van der Waals surface area contributed by atoms with Gasteiger partial charge >= 0.3 is 0 Å². The molecule has 0 spiro atoms. The molecule has 1 aliphatic rings. The summed E-state index contributed by atoms with van der Waals surface area (Å²) in [6, 6.07) is 5.73. The number of nitrogens with one attached hydrogen (secondary N) is 1. The Kier molecular flexibility index (Phi) is 4.02. The minimum atomic E-state index is 0.118. The summed E-state index contributed by atoms with van der Waals surface area (Å²) in [6.07, 6.45) is 2.79. The molecule has 0 heterocycles. The van der Waals surface area contributed by atoms with Gasteiger partial charge in [-0.2, -0.15) is 0 Å². The van der Waals surface area contributed by atoms with Crippen molar-refractivity contribution in [1.82, 2.24) is 0 Å². The van der Waals surface area contributed by atoms with Gasteiger partial charge in [0.1, 0.15) is 5.84 Å². The molecule has 1 saturated carbocycles. The zero-order chi connectivity index (χ0) is 13.2. The largest absolute Gasteiger partial charge is 0.409 e. The third-order valence-electron chi connectivity index (χ3n) is 3.23. The minimum absolute atomic E-state index is 0.118. The topological polar surface area (TPSA) is 70.6 Å². The summed E-state index contributed by atoms with van der Waals surface area (Å²) in [6.45, 7) is 0.782. The van der Waals surface area contributed by atoms with Crippen LogP contribution in [-0.2, 0) is 0 Å². The Morgan fingerprint density at radius 3 is 2.83 bits per heavy atom. The second-order valence-electron chi connectivity index (χ2n) is 4.75. The number of benzene rings is 1. The predicted octanol–water partition coefficient (Wildman–Crippen LogP) is 3.43. The summed E-state index contributed by atoms with van der Waals surface area (Å²) in [5.74, 6) is 0.288. The smallest absolute Gasteiger partial charge is 0.139 e. The van der Waals surface area contributed by atoms with Crippen molar-refractivity contribution in [2.45, 2.75) is 19.3 Å². The molecule has 0 radical (unpaired) electrons. The van der Waals surface area contributed by atoms with Crippen LogP contribution in [0, 0.1) is 5.41 Å². The highest BCUT2D eigenvalue weighted by molar-refractivity contribution is 9.10. The summed E-state index contributed by atoms with van der Waals surface area (Å²) in [5, 5.41) is 15.6. The lowest BCUT2D eigenvalue weighted by Gasteiger charge is -2.16. The molecule has 1 aromatic rings. The Labute approximate surface area is 119 Å². The molecule has 18 heavy (non-hydrogen) atoms. The number of nitrogens with zero attached hydrogens (tertiary/aromatic N) is 1. The van der Waals surface area contributed by atoms with Crippen LogP contribution in [0.1, 0.15) is 19.3 Å². The van der Waals surface area contributed by atoms with Gasteiger partial charge in [0.15, 0.2) is 0 Å². The molecule has 4 N–H and O–H groups in total. The van der Waals surface area contributed by atoms with Crippen LogP contribution in [0.2, 0.25) is 5.02 Å². The molecule has 98 valence electrons. The van der Waals surface area contributed by atoms with Crippen LogP contribution in [0.15, 0.2) is 27.8 Å². The normalized spacial score (nSPS) is 17.6. The quantitative estimate of drug-likeness (QED) is 0.335. The summed E-state index contributed by atoms with van der Waals surface area (Å²) in [7, 11) is 0. The highest BCUT2D eigenvalue weighted by Crippen LogP contribution is 2.49. The van der Waals surface area contributed by atoms with E-state index in [4.69, 9.17) is 22.5 Å². The third kappa shape index (κ3) is 3.29. The molecule has 1 fully saturated rings. The Morgan fingerprint density at radius 1 is 1.56 bits per heavy atom. The molecular formula is C12H15BrClN3O. The number of hydrogen-bond donors (Lipinski definition) is 3. The maximum absolute atomic E-state index is 8.60. The van der Waals surface area contributed by atoms with E-state index in [2.05, 4.69) is 26.4 Å². The van der Waals surface area contributed by atoms with Gasteiger partial charge in [-0.15, -0.1) is 0 Å². The molecule has 0 aromatic heterocycles. The average molecular weight is 333 g/mol. The van der Waals surface area contributed by atoms with Gasteiger partial charge in [0, 0.05) is 17.4 Å². The number of anilines is 1. The number of nitrogens with two attached hydrogens (primary N) is 1. The van der Waals surface area contributed by atoms with Crippen LogP contribution in [-0.4, -0.2) is 17.6 Å². The van der Waals surface area contributed by atoms with Crippen LogP contribution < -0.4 is 11.1 Å². The fourth-order valence-electron chi connectivity index (χ4n) is 1.93. The van der Waals surface area contributed by atoms with Crippen LogP contribution in [0.3, 0.4) is 0 Å². The van der Waals surface area contributed by atoms with E-state index < -0.39 is 0 Å². The number of halogens is 2. The Hall–Kier alpha value is -0.940. The first kappa shape index (κ1) is 13.5. The minimum Gasteiger partial charge on any atom is -0.409 e. The van der Waals surface area contributed by atoms with Crippen molar-refractivity contribution in [2.24, 2.45) is 16.3 Å². The summed E-state index contributed by atoms with van der Waals surface area (Å²) in [5.41, 5.74) is 6.58. The lowest BCUT2D eigenvalue weighted by atomic mass is 10.0. The highest BCUT2D eigenvalue weighted by atomic mass is 79.9. The highest BCUT2D eigenvalue weighted by Gasteiger charge is 2.43. The van der Waals surface area contributed by atoms with Crippen molar-refractivity contribution in [3.05, 3.63) is 27.7 Å². The Morgan fingerprint density at radius 2 is 2.28 bits per heavy atom. The van der Waals surface area contributed by atoms with Gasteiger partial charge in [-0.1, -0.05) is 32.7 Å². The Balaban J connectivity index is 1.95. The summed E-state index contributed by atoms with van der Waals surface area (Å²) < 4.78 is 0.954. The van der Waals surface area contributed by atoms with Crippen LogP contribution in [0.25, 0.3) is 0 Å². The lowest BCUT2D eigenvalue weighted by molar-refractivity contribution is 0.315. The Bertz CT molecular complexity index is 474. The molecule has 4 nitrogen and oxygen atoms in total. The number of amidine groups is 1. The van der Waals surface area contributed by atoms with E-state index >= 15 is 0 Å². The van der Waals surface area contributed by atoms with Gasteiger partial charge < -0.3 is 16.3 Å². The van der Waals surface area contributed by atoms with E-state index in [1.807, 2.05) is 18.2 Å². The lowest BCUT2D eigenvalue weighted by Crippen LogP contribution is -2.23. The first-order chi connectivity index (χ1) is 8.54. The number of rotatable bonds is 5. The van der Waals surface area contributed by atoms with Crippen LogP contribution in [0.5, 0.6) is 0 Å². The van der Waals surface area contributed by atoms with E-state index in [9.17, 15) is 0 Å².